The Kier molecular flexibility index (Phi) is 7.85. The Morgan fingerprint density at radius 1 is 1.10 bits per heavy atom. The highest BCUT2D eigenvalue weighted by Gasteiger charge is 2.28. The van der Waals surface area contributed by atoms with Gasteiger partial charge in [0.15, 0.2) is 0 Å². The quantitative estimate of drug-likeness (QED) is 0.605. The smallest absolute Gasteiger partial charge is 0.0305 e. The van der Waals surface area contributed by atoms with E-state index in [-0.39, 0.29) is 0 Å². The van der Waals surface area contributed by atoms with E-state index in [9.17, 15) is 0 Å². The molecular formula is C20H37N. The fraction of sp³-hybridized carbons (Fsp3) is 0.900. The van der Waals surface area contributed by atoms with Gasteiger partial charge in [-0.25, -0.2) is 0 Å². The highest BCUT2D eigenvalue weighted by atomic mass is 14.9. The molecule has 0 spiro atoms. The van der Waals surface area contributed by atoms with Gasteiger partial charge in [0.1, 0.15) is 0 Å². The molecule has 0 aromatic heterocycles. The molecule has 1 atom stereocenters. The maximum Gasteiger partial charge on any atom is 0.0305 e. The van der Waals surface area contributed by atoms with Gasteiger partial charge in [-0.1, -0.05) is 63.5 Å². The van der Waals surface area contributed by atoms with Gasteiger partial charge in [-0.05, 0) is 57.4 Å². The summed E-state index contributed by atoms with van der Waals surface area (Å²) in [5.74, 6) is 1.93. The molecule has 1 unspecified atom stereocenters. The molecule has 0 saturated heterocycles. The fourth-order valence-corrected chi connectivity index (χ4v) is 4.53. The van der Waals surface area contributed by atoms with Crippen molar-refractivity contribution >= 4 is 0 Å². The molecule has 21 heavy (non-hydrogen) atoms. The summed E-state index contributed by atoms with van der Waals surface area (Å²) < 4.78 is 0. The van der Waals surface area contributed by atoms with Crippen molar-refractivity contribution in [3.05, 3.63) is 11.6 Å². The van der Waals surface area contributed by atoms with E-state index in [0.717, 1.165) is 11.8 Å². The van der Waals surface area contributed by atoms with E-state index in [2.05, 4.69) is 25.4 Å². The van der Waals surface area contributed by atoms with E-state index < -0.39 is 0 Å². The Balaban J connectivity index is 1.86. The lowest BCUT2D eigenvalue weighted by Crippen LogP contribution is -2.37. The third-order valence-electron chi connectivity index (χ3n) is 5.87. The predicted molar refractivity (Wildman–Crippen MR) is 93.6 cm³/mol. The molecule has 0 amide bonds. The highest BCUT2D eigenvalue weighted by molar-refractivity contribution is 5.13. The van der Waals surface area contributed by atoms with E-state index in [0.29, 0.717) is 6.04 Å². The molecule has 1 nitrogen and oxygen atoms in total. The monoisotopic (exact) mass is 291 g/mol. The first kappa shape index (κ1) is 17.1. The number of allylic oxidation sites excluding steroid dienone is 1. The van der Waals surface area contributed by atoms with Gasteiger partial charge in [-0.2, -0.15) is 0 Å². The molecule has 0 aromatic carbocycles. The Morgan fingerprint density at radius 2 is 1.86 bits per heavy atom. The zero-order chi connectivity index (χ0) is 14.9. The zero-order valence-electron chi connectivity index (χ0n) is 14.5. The number of hydrogen-bond donors (Lipinski definition) is 1. The van der Waals surface area contributed by atoms with Gasteiger partial charge in [-0.15, -0.1) is 0 Å². The van der Waals surface area contributed by atoms with Crippen LogP contribution in [0.25, 0.3) is 0 Å². The molecule has 0 radical (unpaired) electrons. The van der Waals surface area contributed by atoms with Gasteiger partial charge in [0.2, 0.25) is 0 Å². The van der Waals surface area contributed by atoms with E-state index in [1.165, 1.54) is 83.5 Å². The summed E-state index contributed by atoms with van der Waals surface area (Å²) in [6.45, 7) is 2.32. The highest BCUT2D eigenvalue weighted by Crippen LogP contribution is 2.36. The van der Waals surface area contributed by atoms with Crippen LogP contribution < -0.4 is 5.32 Å². The first-order chi connectivity index (χ1) is 10.3. The first-order valence-electron chi connectivity index (χ1n) is 9.71. The second kappa shape index (κ2) is 9.66. The molecular weight excluding hydrogens is 254 g/mol. The van der Waals surface area contributed by atoms with Crippen LogP contribution in [0, 0.1) is 11.8 Å². The van der Waals surface area contributed by atoms with Crippen LogP contribution in [0.15, 0.2) is 11.6 Å². The summed E-state index contributed by atoms with van der Waals surface area (Å²) in [5.41, 5.74) is 1.74. The number of unbranched alkanes of at least 4 members (excludes halogenated alkanes) is 1. The molecule has 1 fully saturated rings. The summed E-state index contributed by atoms with van der Waals surface area (Å²) in [6.07, 6.45) is 21.1. The summed E-state index contributed by atoms with van der Waals surface area (Å²) in [7, 11) is 2.19. The second-order valence-corrected chi connectivity index (χ2v) is 7.42. The first-order valence-corrected chi connectivity index (χ1v) is 9.71. The summed E-state index contributed by atoms with van der Waals surface area (Å²) in [4.78, 5) is 0. The molecule has 2 aliphatic rings. The molecule has 1 N–H and O–H groups in total. The normalized spacial score (nSPS) is 29.3. The molecule has 0 heterocycles. The maximum atomic E-state index is 3.68. The van der Waals surface area contributed by atoms with E-state index in [4.69, 9.17) is 0 Å². The Bertz CT molecular complexity index is 299. The predicted octanol–water partition coefficient (Wildman–Crippen LogP) is 5.85. The Labute approximate surface area is 133 Å². The summed E-state index contributed by atoms with van der Waals surface area (Å²) in [5, 5.41) is 3.68. The van der Waals surface area contributed by atoms with Crippen molar-refractivity contribution in [2.45, 2.75) is 96.4 Å². The molecule has 2 rings (SSSR count). The van der Waals surface area contributed by atoms with Crippen LogP contribution in [-0.4, -0.2) is 13.1 Å². The largest absolute Gasteiger partial charge is 0.313 e. The minimum Gasteiger partial charge on any atom is -0.313 e. The lowest BCUT2D eigenvalue weighted by atomic mass is 9.74. The van der Waals surface area contributed by atoms with Crippen LogP contribution in [0.4, 0.5) is 0 Å². The minimum atomic E-state index is 0.676. The zero-order valence-corrected chi connectivity index (χ0v) is 14.5. The molecule has 2 aliphatic carbocycles. The lowest BCUT2D eigenvalue weighted by molar-refractivity contribution is 0.228. The third kappa shape index (κ3) is 5.43. The topological polar surface area (TPSA) is 12.0 Å². The fourth-order valence-electron chi connectivity index (χ4n) is 4.53. The van der Waals surface area contributed by atoms with Crippen LogP contribution in [0.2, 0.25) is 0 Å². The number of likely N-dealkylation sites (N-methyl/N-ethyl adjacent to an activating group) is 1. The maximum absolute atomic E-state index is 3.68. The third-order valence-corrected chi connectivity index (χ3v) is 5.87. The average Bonchev–Trinajstić information content (AvgIpc) is 2.49. The van der Waals surface area contributed by atoms with Crippen LogP contribution in [0.1, 0.15) is 90.4 Å². The van der Waals surface area contributed by atoms with Crippen molar-refractivity contribution in [2.75, 3.05) is 7.05 Å². The summed E-state index contributed by atoms with van der Waals surface area (Å²) >= 11 is 0. The Morgan fingerprint density at radius 3 is 2.57 bits per heavy atom. The van der Waals surface area contributed by atoms with Crippen molar-refractivity contribution in [3.63, 3.8) is 0 Å². The van der Waals surface area contributed by atoms with Crippen molar-refractivity contribution in [3.8, 4) is 0 Å². The molecule has 0 aromatic rings. The van der Waals surface area contributed by atoms with E-state index >= 15 is 0 Å². The molecule has 0 aliphatic heterocycles. The van der Waals surface area contributed by atoms with Crippen LogP contribution in [0.5, 0.6) is 0 Å². The van der Waals surface area contributed by atoms with Crippen LogP contribution in [0.3, 0.4) is 0 Å². The minimum absolute atomic E-state index is 0.676. The van der Waals surface area contributed by atoms with Crippen molar-refractivity contribution in [1.82, 2.24) is 5.32 Å². The van der Waals surface area contributed by atoms with Gasteiger partial charge >= 0.3 is 0 Å². The van der Waals surface area contributed by atoms with E-state index in [1.54, 1.807) is 5.57 Å². The number of rotatable bonds is 6. The van der Waals surface area contributed by atoms with Gasteiger partial charge < -0.3 is 5.32 Å². The van der Waals surface area contributed by atoms with Crippen LogP contribution >= 0.6 is 0 Å². The summed E-state index contributed by atoms with van der Waals surface area (Å²) in [6, 6.07) is 0.676. The van der Waals surface area contributed by atoms with Gasteiger partial charge in [-0.3, -0.25) is 0 Å². The van der Waals surface area contributed by atoms with Gasteiger partial charge in [0, 0.05) is 6.04 Å². The molecule has 1 heteroatoms. The van der Waals surface area contributed by atoms with Crippen LogP contribution in [-0.2, 0) is 0 Å². The Hall–Kier alpha value is -0.300. The average molecular weight is 292 g/mol. The van der Waals surface area contributed by atoms with Crippen molar-refractivity contribution in [2.24, 2.45) is 11.8 Å². The second-order valence-electron chi connectivity index (χ2n) is 7.42. The van der Waals surface area contributed by atoms with Crippen molar-refractivity contribution < 1.29 is 0 Å². The van der Waals surface area contributed by atoms with E-state index in [1.807, 2.05) is 0 Å². The molecule has 1 saturated carbocycles. The molecule has 0 bridgehead atoms. The molecule has 122 valence electrons. The number of hydrogen-bond acceptors (Lipinski definition) is 1. The van der Waals surface area contributed by atoms with Crippen molar-refractivity contribution in [1.29, 1.82) is 0 Å². The van der Waals surface area contributed by atoms with Gasteiger partial charge in [0.25, 0.3) is 0 Å². The number of nitrogens with one attached hydrogen (secondary N) is 1. The van der Waals surface area contributed by atoms with Gasteiger partial charge in [0.05, 0.1) is 0 Å². The SMILES string of the molecule is CCCCC1CCC(C(NC)C2=CCCCCCC2)CC1. The lowest BCUT2D eigenvalue weighted by Gasteiger charge is -2.35. The standard InChI is InChI=1S/C20H37N/c1-3-4-10-17-13-15-19(16-14-17)20(21-2)18-11-8-6-5-7-9-12-18/h11,17,19-21H,3-10,12-16H2,1-2H3.